The fourth-order valence-electron chi connectivity index (χ4n) is 1.81. The van der Waals surface area contributed by atoms with E-state index in [1.807, 2.05) is 0 Å². The van der Waals surface area contributed by atoms with Crippen molar-refractivity contribution in [1.82, 2.24) is 0 Å². The Bertz CT molecular complexity index is 189. The summed E-state index contributed by atoms with van der Waals surface area (Å²) in [5.74, 6) is 0. The monoisotopic (exact) mass is 135 g/mol. The van der Waals surface area contributed by atoms with Gasteiger partial charge in [0.15, 0.2) is 0 Å². The minimum absolute atomic E-state index is 1.04. The lowest BCUT2D eigenvalue weighted by molar-refractivity contribution is 0.658. The zero-order valence-electron chi connectivity index (χ0n) is 6.27. The third kappa shape index (κ3) is 1.00. The van der Waals surface area contributed by atoms with Crippen molar-refractivity contribution in [3.63, 3.8) is 0 Å². The summed E-state index contributed by atoms with van der Waals surface area (Å²) in [5, 5.41) is 0. The minimum Gasteiger partial charge on any atom is -0.293 e. The van der Waals surface area contributed by atoms with Crippen molar-refractivity contribution < 1.29 is 0 Å². The third-order valence-electron chi connectivity index (χ3n) is 2.42. The molecule has 54 valence electrons. The first-order valence-corrected chi connectivity index (χ1v) is 4.17. The van der Waals surface area contributed by atoms with Crippen LogP contribution in [-0.4, -0.2) is 12.8 Å². The number of aliphatic imine (C=N–C) groups is 1. The van der Waals surface area contributed by atoms with Crippen molar-refractivity contribution in [2.45, 2.75) is 32.1 Å². The van der Waals surface area contributed by atoms with Crippen LogP contribution in [0, 0.1) is 0 Å². The van der Waals surface area contributed by atoms with Gasteiger partial charge in [-0.15, -0.1) is 0 Å². The van der Waals surface area contributed by atoms with E-state index in [1.54, 1.807) is 11.1 Å². The summed E-state index contributed by atoms with van der Waals surface area (Å²) in [7, 11) is 0. The molecule has 0 saturated carbocycles. The maximum absolute atomic E-state index is 4.28. The van der Waals surface area contributed by atoms with Gasteiger partial charge in [0.05, 0.1) is 0 Å². The van der Waals surface area contributed by atoms with Crippen LogP contribution in [0.25, 0.3) is 0 Å². The predicted molar refractivity (Wildman–Crippen MR) is 43.5 cm³/mol. The lowest BCUT2D eigenvalue weighted by atomic mass is 9.89. The first kappa shape index (κ1) is 6.14. The number of allylic oxidation sites excluding steroid dienone is 1. The molecule has 1 aliphatic heterocycles. The van der Waals surface area contributed by atoms with Crippen LogP contribution in [0.2, 0.25) is 0 Å². The molecule has 0 aromatic rings. The van der Waals surface area contributed by atoms with Gasteiger partial charge in [0.25, 0.3) is 0 Å². The molecular weight excluding hydrogens is 122 g/mol. The number of dihydropyridines is 1. The van der Waals surface area contributed by atoms with Crippen LogP contribution in [0.1, 0.15) is 32.1 Å². The lowest BCUT2D eigenvalue weighted by Crippen LogP contribution is -2.06. The van der Waals surface area contributed by atoms with Crippen LogP contribution in [0.3, 0.4) is 0 Å². The Morgan fingerprint density at radius 3 is 2.90 bits per heavy atom. The second-order valence-electron chi connectivity index (χ2n) is 3.12. The topological polar surface area (TPSA) is 12.4 Å². The second-order valence-corrected chi connectivity index (χ2v) is 3.12. The Balaban J connectivity index is 2.23. The highest BCUT2D eigenvalue weighted by molar-refractivity contribution is 5.80. The van der Waals surface area contributed by atoms with E-state index in [1.165, 1.54) is 32.1 Å². The van der Waals surface area contributed by atoms with Gasteiger partial charge in [-0.3, -0.25) is 4.99 Å². The lowest BCUT2D eigenvalue weighted by Gasteiger charge is -2.19. The van der Waals surface area contributed by atoms with Crippen molar-refractivity contribution in [2.24, 2.45) is 4.99 Å². The SMILES string of the molecule is C1=NCCC2=C1CCCC2. The first-order valence-electron chi connectivity index (χ1n) is 4.17. The van der Waals surface area contributed by atoms with Crippen LogP contribution in [0.4, 0.5) is 0 Å². The molecule has 0 saturated heterocycles. The molecule has 1 heterocycles. The predicted octanol–water partition coefficient (Wildman–Crippen LogP) is 2.33. The zero-order valence-corrected chi connectivity index (χ0v) is 6.27. The average molecular weight is 135 g/mol. The molecule has 0 fully saturated rings. The summed E-state index contributed by atoms with van der Waals surface area (Å²) in [6.07, 6.45) is 8.77. The molecule has 0 aromatic heterocycles. The van der Waals surface area contributed by atoms with Crippen molar-refractivity contribution in [3.8, 4) is 0 Å². The van der Waals surface area contributed by atoms with E-state index in [0.717, 1.165) is 6.54 Å². The zero-order chi connectivity index (χ0) is 6.81. The molecule has 2 rings (SSSR count). The molecule has 0 bridgehead atoms. The van der Waals surface area contributed by atoms with Crippen LogP contribution >= 0.6 is 0 Å². The maximum atomic E-state index is 4.28. The van der Waals surface area contributed by atoms with E-state index in [-0.39, 0.29) is 0 Å². The Kier molecular flexibility index (Phi) is 1.58. The van der Waals surface area contributed by atoms with E-state index in [9.17, 15) is 0 Å². The Morgan fingerprint density at radius 1 is 1.10 bits per heavy atom. The quantitative estimate of drug-likeness (QED) is 0.483. The average Bonchev–Trinajstić information content (AvgIpc) is 2.05. The molecule has 1 heteroatoms. The van der Waals surface area contributed by atoms with Crippen molar-refractivity contribution in [3.05, 3.63) is 11.1 Å². The van der Waals surface area contributed by atoms with Crippen molar-refractivity contribution in [2.75, 3.05) is 6.54 Å². The third-order valence-corrected chi connectivity index (χ3v) is 2.42. The van der Waals surface area contributed by atoms with E-state index in [4.69, 9.17) is 0 Å². The van der Waals surface area contributed by atoms with Crippen molar-refractivity contribution >= 4 is 6.21 Å². The highest BCUT2D eigenvalue weighted by Gasteiger charge is 2.12. The largest absolute Gasteiger partial charge is 0.293 e. The highest BCUT2D eigenvalue weighted by Crippen LogP contribution is 2.27. The molecule has 10 heavy (non-hydrogen) atoms. The fraction of sp³-hybridized carbons (Fsp3) is 0.667. The molecule has 1 nitrogen and oxygen atoms in total. The Morgan fingerprint density at radius 2 is 2.00 bits per heavy atom. The van der Waals surface area contributed by atoms with Gasteiger partial charge in [0.2, 0.25) is 0 Å². The summed E-state index contributed by atoms with van der Waals surface area (Å²) in [5.41, 5.74) is 3.25. The first-order chi connectivity index (χ1) is 4.97. The van der Waals surface area contributed by atoms with Gasteiger partial charge in [0.1, 0.15) is 0 Å². The smallest absolute Gasteiger partial charge is 0.0426 e. The summed E-state index contributed by atoms with van der Waals surface area (Å²) >= 11 is 0. The second kappa shape index (κ2) is 2.57. The summed E-state index contributed by atoms with van der Waals surface area (Å²) in [4.78, 5) is 4.28. The van der Waals surface area contributed by atoms with E-state index < -0.39 is 0 Å². The van der Waals surface area contributed by atoms with Gasteiger partial charge >= 0.3 is 0 Å². The van der Waals surface area contributed by atoms with Gasteiger partial charge in [-0.2, -0.15) is 0 Å². The summed E-state index contributed by atoms with van der Waals surface area (Å²) < 4.78 is 0. The number of nitrogens with zero attached hydrogens (tertiary/aromatic N) is 1. The molecule has 0 N–H and O–H groups in total. The van der Waals surface area contributed by atoms with Crippen LogP contribution in [-0.2, 0) is 0 Å². The number of rotatable bonds is 0. The maximum Gasteiger partial charge on any atom is 0.0426 e. The Labute approximate surface area is 61.9 Å². The van der Waals surface area contributed by atoms with Gasteiger partial charge in [-0.05, 0) is 37.7 Å². The van der Waals surface area contributed by atoms with Gasteiger partial charge in [0, 0.05) is 12.8 Å². The molecule has 0 radical (unpaired) electrons. The van der Waals surface area contributed by atoms with Crippen LogP contribution in [0.5, 0.6) is 0 Å². The van der Waals surface area contributed by atoms with E-state index in [2.05, 4.69) is 11.2 Å². The molecule has 0 atom stereocenters. The molecule has 0 unspecified atom stereocenters. The molecular formula is C9H13N. The van der Waals surface area contributed by atoms with Crippen LogP contribution in [0.15, 0.2) is 16.1 Å². The van der Waals surface area contributed by atoms with E-state index >= 15 is 0 Å². The number of hydrogen-bond acceptors (Lipinski definition) is 1. The standard InChI is InChI=1S/C9H13N/c1-2-4-9-7-10-6-5-8(9)3-1/h7H,1-6H2. The van der Waals surface area contributed by atoms with E-state index in [0.29, 0.717) is 0 Å². The molecule has 0 spiro atoms. The fourth-order valence-corrected chi connectivity index (χ4v) is 1.81. The van der Waals surface area contributed by atoms with Gasteiger partial charge in [-0.1, -0.05) is 5.57 Å². The van der Waals surface area contributed by atoms with Gasteiger partial charge in [-0.25, -0.2) is 0 Å². The number of hydrogen-bond donors (Lipinski definition) is 0. The van der Waals surface area contributed by atoms with Gasteiger partial charge < -0.3 is 0 Å². The normalized spacial score (nSPS) is 24.8. The highest BCUT2D eigenvalue weighted by atomic mass is 14.7. The summed E-state index contributed by atoms with van der Waals surface area (Å²) in [6, 6.07) is 0. The molecule has 2 aliphatic rings. The van der Waals surface area contributed by atoms with Crippen molar-refractivity contribution in [1.29, 1.82) is 0 Å². The molecule has 1 aliphatic carbocycles. The molecule has 0 aromatic carbocycles. The molecule has 0 amide bonds. The Hall–Kier alpha value is -0.590. The summed E-state index contributed by atoms with van der Waals surface area (Å²) in [6.45, 7) is 1.04. The van der Waals surface area contributed by atoms with Crippen LogP contribution < -0.4 is 0 Å². The minimum atomic E-state index is 1.04.